The quantitative estimate of drug-likeness (QED) is 0.481. The van der Waals surface area contributed by atoms with E-state index in [-0.39, 0.29) is 22.4 Å². The maximum atomic E-state index is 13.4. The maximum absolute atomic E-state index is 13.4. The Bertz CT molecular complexity index is 1100. The molecule has 0 unspecified atom stereocenters. The normalized spacial score (nSPS) is 21.6. The van der Waals surface area contributed by atoms with E-state index in [9.17, 15) is 14.4 Å². The second kappa shape index (κ2) is 8.70. The van der Waals surface area contributed by atoms with Crippen molar-refractivity contribution in [1.82, 2.24) is 0 Å². The van der Waals surface area contributed by atoms with Crippen molar-refractivity contribution in [3.8, 4) is 11.5 Å². The molecule has 34 heavy (non-hydrogen) atoms. The van der Waals surface area contributed by atoms with Gasteiger partial charge in [-0.05, 0) is 51.1 Å². The summed E-state index contributed by atoms with van der Waals surface area (Å²) >= 11 is 2.06. The lowest BCUT2D eigenvalue weighted by Crippen LogP contribution is -2.37. The molecule has 0 saturated carbocycles. The van der Waals surface area contributed by atoms with Gasteiger partial charge in [0.1, 0.15) is 11.5 Å². The fourth-order valence-electron chi connectivity index (χ4n) is 5.19. The van der Waals surface area contributed by atoms with Crippen LogP contribution < -0.4 is 9.47 Å². The number of carbonyl (C=O) groups excluding carboxylic acids is 2. The Morgan fingerprint density at radius 2 is 1.56 bits per heavy atom. The average Bonchev–Trinajstić information content (AvgIpc) is 2.68. The van der Waals surface area contributed by atoms with Gasteiger partial charge in [-0.1, -0.05) is 27.7 Å². The SMILES string of the molecule is COc1cc(C2C3=C(CC(C)(C)CC3=O)OC3=C2C(=O)CC(C)(C)C3)cc(I)c1OCC(=O)O. The molecule has 0 amide bonds. The van der Waals surface area contributed by atoms with Gasteiger partial charge in [0.25, 0.3) is 0 Å². The predicted octanol–water partition coefficient (Wildman–Crippen LogP) is 5.16. The first-order chi connectivity index (χ1) is 15.8. The summed E-state index contributed by atoms with van der Waals surface area (Å²) in [5.74, 6) is 0.291. The minimum absolute atomic E-state index is 0.0133. The molecule has 2 aliphatic carbocycles. The number of carboxylic acid groups (broad SMARTS) is 1. The number of Topliss-reactive ketones (excluding diaryl/α,β-unsaturated/α-hetero) is 2. The highest BCUT2D eigenvalue weighted by Crippen LogP contribution is 2.54. The van der Waals surface area contributed by atoms with Gasteiger partial charge in [0.2, 0.25) is 0 Å². The summed E-state index contributed by atoms with van der Waals surface area (Å²) in [6.07, 6.45) is 1.98. The van der Waals surface area contributed by atoms with E-state index in [0.717, 1.165) is 5.56 Å². The van der Waals surface area contributed by atoms with Crippen LogP contribution in [0.3, 0.4) is 0 Å². The molecule has 182 valence electrons. The number of benzene rings is 1. The van der Waals surface area contributed by atoms with Crippen LogP contribution in [-0.2, 0) is 19.1 Å². The minimum Gasteiger partial charge on any atom is -0.493 e. The zero-order valence-electron chi connectivity index (χ0n) is 20.0. The lowest BCUT2D eigenvalue weighted by atomic mass is 9.65. The van der Waals surface area contributed by atoms with Crippen LogP contribution >= 0.6 is 22.6 Å². The van der Waals surface area contributed by atoms with Gasteiger partial charge in [-0.25, -0.2) is 4.79 Å². The topological polar surface area (TPSA) is 99.1 Å². The van der Waals surface area contributed by atoms with Crippen LogP contribution in [0.1, 0.15) is 64.9 Å². The van der Waals surface area contributed by atoms with Gasteiger partial charge in [0.05, 0.1) is 10.7 Å². The zero-order valence-corrected chi connectivity index (χ0v) is 22.2. The monoisotopic (exact) mass is 580 g/mol. The molecule has 1 heterocycles. The van der Waals surface area contributed by atoms with Crippen molar-refractivity contribution in [2.75, 3.05) is 13.7 Å². The second-order valence-corrected chi connectivity index (χ2v) is 12.0. The second-order valence-electron chi connectivity index (χ2n) is 10.8. The fourth-order valence-corrected chi connectivity index (χ4v) is 5.97. The van der Waals surface area contributed by atoms with Crippen LogP contribution in [0.2, 0.25) is 0 Å². The Kier molecular flexibility index (Phi) is 6.33. The number of carbonyl (C=O) groups is 3. The third kappa shape index (κ3) is 4.61. The van der Waals surface area contributed by atoms with Crippen molar-refractivity contribution in [3.63, 3.8) is 0 Å². The Hall–Kier alpha value is -2.36. The number of ketones is 2. The first-order valence-corrected chi connectivity index (χ1v) is 12.3. The van der Waals surface area contributed by atoms with E-state index in [1.807, 2.05) is 33.8 Å². The number of carboxylic acids is 1. The van der Waals surface area contributed by atoms with Crippen molar-refractivity contribution < 1.29 is 33.7 Å². The summed E-state index contributed by atoms with van der Waals surface area (Å²) in [5, 5.41) is 9.02. The molecule has 0 radical (unpaired) electrons. The highest BCUT2D eigenvalue weighted by molar-refractivity contribution is 14.1. The Labute approximate surface area is 212 Å². The lowest BCUT2D eigenvalue weighted by molar-refractivity contribution is -0.139. The lowest BCUT2D eigenvalue weighted by Gasteiger charge is -2.42. The predicted molar refractivity (Wildman–Crippen MR) is 133 cm³/mol. The molecule has 1 aromatic rings. The molecule has 1 aliphatic heterocycles. The van der Waals surface area contributed by atoms with Crippen LogP contribution in [0.5, 0.6) is 11.5 Å². The van der Waals surface area contributed by atoms with Crippen LogP contribution in [0.4, 0.5) is 0 Å². The van der Waals surface area contributed by atoms with Gasteiger partial charge in [-0.3, -0.25) is 9.59 Å². The van der Waals surface area contributed by atoms with Crippen LogP contribution in [-0.4, -0.2) is 36.4 Å². The molecule has 1 N–H and O–H groups in total. The van der Waals surface area contributed by atoms with Crippen LogP contribution in [0, 0.1) is 14.4 Å². The van der Waals surface area contributed by atoms with Crippen molar-refractivity contribution >= 4 is 40.1 Å². The van der Waals surface area contributed by atoms with Gasteiger partial charge >= 0.3 is 5.97 Å². The Morgan fingerprint density at radius 1 is 1.03 bits per heavy atom. The summed E-state index contributed by atoms with van der Waals surface area (Å²) in [6, 6.07) is 3.58. The summed E-state index contributed by atoms with van der Waals surface area (Å²) in [4.78, 5) is 37.9. The van der Waals surface area contributed by atoms with E-state index in [4.69, 9.17) is 19.3 Å². The van der Waals surface area contributed by atoms with Crippen molar-refractivity contribution in [1.29, 1.82) is 0 Å². The van der Waals surface area contributed by atoms with Crippen molar-refractivity contribution in [2.24, 2.45) is 10.8 Å². The third-order valence-electron chi connectivity index (χ3n) is 6.51. The molecule has 0 aromatic heterocycles. The van der Waals surface area contributed by atoms with E-state index in [1.165, 1.54) is 7.11 Å². The standard InChI is InChI=1S/C26H29IO7/c1-25(2)8-15(28)22-18(10-25)34-19-11-26(3,4)9-16(29)23(19)21(22)13-6-14(27)24(17(7-13)32-5)33-12-20(30)31/h6-7,21H,8-12H2,1-5H3,(H,30,31). The highest BCUT2D eigenvalue weighted by Gasteiger charge is 2.48. The number of ether oxygens (including phenoxy) is 3. The number of hydrogen-bond donors (Lipinski definition) is 1. The number of methoxy groups -OCH3 is 1. The molecule has 0 bridgehead atoms. The van der Waals surface area contributed by atoms with E-state index in [0.29, 0.717) is 63.4 Å². The summed E-state index contributed by atoms with van der Waals surface area (Å²) in [5.41, 5.74) is 1.36. The number of aliphatic carboxylic acids is 1. The first-order valence-electron chi connectivity index (χ1n) is 11.2. The van der Waals surface area contributed by atoms with Gasteiger partial charge in [0, 0.05) is 42.7 Å². The Balaban J connectivity index is 1.90. The first kappa shape index (κ1) is 24.8. The van der Waals surface area contributed by atoms with Crippen LogP contribution in [0.25, 0.3) is 0 Å². The molecular weight excluding hydrogens is 551 g/mol. The smallest absolute Gasteiger partial charge is 0.341 e. The Morgan fingerprint density at radius 3 is 2.03 bits per heavy atom. The van der Waals surface area contributed by atoms with Gasteiger partial charge in [-0.2, -0.15) is 0 Å². The van der Waals surface area contributed by atoms with Crippen LogP contribution in [0.15, 0.2) is 34.8 Å². The van der Waals surface area contributed by atoms with E-state index in [2.05, 4.69) is 22.6 Å². The van der Waals surface area contributed by atoms with Crippen molar-refractivity contribution in [3.05, 3.63) is 43.9 Å². The number of rotatable bonds is 5. The average molecular weight is 580 g/mol. The molecule has 0 fully saturated rings. The molecule has 0 atom stereocenters. The number of halogens is 1. The number of allylic oxidation sites excluding steroid dienone is 4. The zero-order chi connectivity index (χ0) is 25.0. The molecule has 4 rings (SSSR count). The fraction of sp³-hybridized carbons (Fsp3) is 0.500. The van der Waals surface area contributed by atoms with E-state index < -0.39 is 18.5 Å². The molecule has 0 spiro atoms. The largest absolute Gasteiger partial charge is 0.493 e. The number of hydrogen-bond acceptors (Lipinski definition) is 6. The maximum Gasteiger partial charge on any atom is 0.341 e. The molecule has 1 aromatic carbocycles. The summed E-state index contributed by atoms with van der Waals surface area (Å²) < 4.78 is 17.9. The molecule has 3 aliphatic rings. The third-order valence-corrected chi connectivity index (χ3v) is 7.31. The van der Waals surface area contributed by atoms with E-state index in [1.54, 1.807) is 6.07 Å². The van der Waals surface area contributed by atoms with Gasteiger partial charge in [0.15, 0.2) is 29.7 Å². The highest BCUT2D eigenvalue weighted by atomic mass is 127. The van der Waals surface area contributed by atoms with Crippen molar-refractivity contribution in [2.45, 2.75) is 59.3 Å². The summed E-state index contributed by atoms with van der Waals surface area (Å²) in [6.45, 7) is 7.69. The minimum atomic E-state index is -1.10. The van der Waals surface area contributed by atoms with Gasteiger partial charge < -0.3 is 19.3 Å². The van der Waals surface area contributed by atoms with E-state index >= 15 is 0 Å². The molecular formula is C26H29IO7. The molecule has 7 nitrogen and oxygen atoms in total. The van der Waals surface area contributed by atoms with Gasteiger partial charge in [-0.15, -0.1) is 0 Å². The summed E-state index contributed by atoms with van der Waals surface area (Å²) in [7, 11) is 1.48. The molecule has 0 saturated heterocycles. The molecule has 8 heteroatoms.